The number of hydrogen-bond donors (Lipinski definition) is 2. The summed E-state index contributed by atoms with van der Waals surface area (Å²) >= 11 is 5.99. The van der Waals surface area contributed by atoms with Gasteiger partial charge >= 0.3 is 0 Å². The molecule has 0 aromatic heterocycles. The van der Waals surface area contributed by atoms with Crippen LogP contribution in [-0.2, 0) is 0 Å². The van der Waals surface area contributed by atoms with Crippen molar-refractivity contribution in [1.29, 1.82) is 0 Å². The van der Waals surface area contributed by atoms with Gasteiger partial charge < -0.3 is 0 Å². The fourth-order valence-corrected chi connectivity index (χ4v) is 2.27. The first-order valence-electron chi connectivity index (χ1n) is 3.07. The van der Waals surface area contributed by atoms with Crippen LogP contribution in [0.15, 0.2) is 29.2 Å². The van der Waals surface area contributed by atoms with E-state index in [9.17, 15) is 0 Å². The number of rotatable bonds is 0. The van der Waals surface area contributed by atoms with E-state index in [-0.39, 0.29) is 5.37 Å². The lowest BCUT2D eigenvalue weighted by molar-refractivity contribution is 0.970. The number of thiol groups is 1. The summed E-state index contributed by atoms with van der Waals surface area (Å²) in [5.74, 6) is 0. The van der Waals surface area contributed by atoms with E-state index in [0.29, 0.717) is 0 Å². The molecule has 0 fully saturated rings. The van der Waals surface area contributed by atoms with E-state index in [2.05, 4.69) is 29.5 Å². The summed E-state index contributed by atoms with van der Waals surface area (Å²) in [7, 11) is 0. The lowest BCUT2D eigenvalue weighted by Gasteiger charge is -1.99. The van der Waals surface area contributed by atoms with Crippen molar-refractivity contribution in [2.24, 2.45) is 0 Å². The standard InChI is InChI=1S/C7H7NS2/c9-7-5-3-1-2-4-6(5)10-8-7/h1-4,7-9H. The molecule has 0 spiro atoms. The molecule has 1 aromatic carbocycles. The Morgan fingerprint density at radius 3 is 3.00 bits per heavy atom. The number of nitrogens with one attached hydrogen (secondary N) is 1. The minimum Gasteiger partial charge on any atom is -0.243 e. The molecule has 1 heterocycles. The highest BCUT2D eigenvalue weighted by Crippen LogP contribution is 2.36. The van der Waals surface area contributed by atoms with Gasteiger partial charge in [-0.3, -0.25) is 0 Å². The quantitative estimate of drug-likeness (QED) is 0.456. The molecule has 2 rings (SSSR count). The van der Waals surface area contributed by atoms with E-state index < -0.39 is 0 Å². The minimum atomic E-state index is 0.209. The molecule has 0 aliphatic carbocycles. The summed E-state index contributed by atoms with van der Waals surface area (Å²) in [6.45, 7) is 0. The van der Waals surface area contributed by atoms with Crippen molar-refractivity contribution in [3.63, 3.8) is 0 Å². The lowest BCUT2D eigenvalue weighted by Crippen LogP contribution is -1.97. The van der Waals surface area contributed by atoms with Crippen LogP contribution in [-0.4, -0.2) is 0 Å². The average molecular weight is 169 g/mol. The van der Waals surface area contributed by atoms with Gasteiger partial charge in [0.1, 0.15) is 0 Å². The average Bonchev–Trinajstić information content (AvgIpc) is 2.34. The van der Waals surface area contributed by atoms with Crippen LogP contribution in [0.4, 0.5) is 0 Å². The zero-order valence-corrected chi connectivity index (χ0v) is 6.95. The highest BCUT2D eigenvalue weighted by atomic mass is 32.2. The number of benzene rings is 1. The van der Waals surface area contributed by atoms with Gasteiger partial charge in [-0.2, -0.15) is 12.6 Å². The summed E-state index contributed by atoms with van der Waals surface area (Å²) in [6, 6.07) is 8.28. The summed E-state index contributed by atoms with van der Waals surface area (Å²) in [5, 5.41) is 0.209. The van der Waals surface area contributed by atoms with Crippen LogP contribution in [0.3, 0.4) is 0 Å². The molecule has 1 aromatic rings. The van der Waals surface area contributed by atoms with Gasteiger partial charge in [-0.05, 0) is 23.6 Å². The summed E-state index contributed by atoms with van der Waals surface area (Å²) in [5.41, 5.74) is 1.29. The summed E-state index contributed by atoms with van der Waals surface area (Å²) in [4.78, 5) is 1.29. The highest BCUT2D eigenvalue weighted by Gasteiger charge is 2.17. The Bertz CT molecular complexity index is 249. The third-order valence-corrected chi connectivity index (χ3v) is 3.02. The molecule has 0 bridgehead atoms. The third kappa shape index (κ3) is 0.944. The number of fused-ring (bicyclic) bond motifs is 1. The first-order valence-corrected chi connectivity index (χ1v) is 4.40. The molecule has 3 heteroatoms. The van der Waals surface area contributed by atoms with Crippen molar-refractivity contribution in [1.82, 2.24) is 4.72 Å². The summed E-state index contributed by atoms with van der Waals surface area (Å²) in [6.07, 6.45) is 0. The SMILES string of the molecule is SC1NSc2ccccc21. The van der Waals surface area contributed by atoms with Crippen molar-refractivity contribution in [2.75, 3.05) is 0 Å². The molecule has 0 saturated heterocycles. The van der Waals surface area contributed by atoms with Crippen molar-refractivity contribution in [3.05, 3.63) is 29.8 Å². The summed E-state index contributed by atoms with van der Waals surface area (Å²) < 4.78 is 3.17. The Labute approximate surface area is 69.8 Å². The van der Waals surface area contributed by atoms with Gasteiger partial charge in [-0.1, -0.05) is 18.2 Å². The van der Waals surface area contributed by atoms with E-state index >= 15 is 0 Å². The predicted molar refractivity (Wildman–Crippen MR) is 47.2 cm³/mol. The maximum absolute atomic E-state index is 4.34. The molecule has 10 heavy (non-hydrogen) atoms. The molecular formula is C7H7NS2. The maximum atomic E-state index is 4.34. The second-order valence-electron chi connectivity index (χ2n) is 2.16. The molecule has 52 valence electrons. The van der Waals surface area contributed by atoms with Crippen LogP contribution in [0, 0.1) is 0 Å². The molecule has 1 N–H and O–H groups in total. The van der Waals surface area contributed by atoms with Crippen LogP contribution in [0.5, 0.6) is 0 Å². The largest absolute Gasteiger partial charge is 0.243 e. The van der Waals surface area contributed by atoms with Crippen LogP contribution in [0.25, 0.3) is 0 Å². The molecule has 0 radical (unpaired) electrons. The van der Waals surface area contributed by atoms with E-state index in [0.717, 1.165) is 0 Å². The van der Waals surface area contributed by atoms with Crippen LogP contribution in [0.2, 0.25) is 0 Å². The highest BCUT2D eigenvalue weighted by molar-refractivity contribution is 7.98. The normalized spacial score (nSPS) is 22.7. The third-order valence-electron chi connectivity index (χ3n) is 1.49. The Morgan fingerprint density at radius 1 is 1.40 bits per heavy atom. The Kier molecular flexibility index (Phi) is 1.64. The van der Waals surface area contributed by atoms with Gasteiger partial charge in [0.2, 0.25) is 0 Å². The van der Waals surface area contributed by atoms with Crippen LogP contribution >= 0.6 is 24.6 Å². The topological polar surface area (TPSA) is 12.0 Å². The molecule has 1 atom stereocenters. The predicted octanol–water partition coefficient (Wildman–Crippen LogP) is 2.23. The molecule has 0 saturated carbocycles. The molecule has 0 amide bonds. The smallest absolute Gasteiger partial charge is 0.0865 e. The second kappa shape index (κ2) is 2.49. The fourth-order valence-electron chi connectivity index (χ4n) is 0.982. The fraction of sp³-hybridized carbons (Fsp3) is 0.143. The van der Waals surface area contributed by atoms with Crippen molar-refractivity contribution < 1.29 is 0 Å². The maximum Gasteiger partial charge on any atom is 0.0865 e. The molecule has 1 nitrogen and oxygen atoms in total. The molecular weight excluding hydrogens is 162 g/mol. The zero-order valence-electron chi connectivity index (χ0n) is 5.24. The first-order chi connectivity index (χ1) is 4.88. The monoisotopic (exact) mass is 169 g/mol. The van der Waals surface area contributed by atoms with Crippen LogP contribution < -0.4 is 4.72 Å². The second-order valence-corrected chi connectivity index (χ2v) is 3.56. The van der Waals surface area contributed by atoms with Gasteiger partial charge in [-0.15, -0.1) is 0 Å². The Balaban J connectivity index is 2.51. The van der Waals surface area contributed by atoms with E-state index in [4.69, 9.17) is 0 Å². The van der Waals surface area contributed by atoms with E-state index in [1.54, 1.807) is 11.9 Å². The molecule has 1 unspecified atom stereocenters. The van der Waals surface area contributed by atoms with Crippen molar-refractivity contribution in [3.8, 4) is 0 Å². The van der Waals surface area contributed by atoms with Crippen molar-refractivity contribution >= 4 is 24.6 Å². The Morgan fingerprint density at radius 2 is 2.20 bits per heavy atom. The lowest BCUT2D eigenvalue weighted by atomic mass is 10.2. The van der Waals surface area contributed by atoms with E-state index in [1.807, 2.05) is 12.1 Å². The van der Waals surface area contributed by atoms with Gasteiger partial charge in [0, 0.05) is 4.90 Å². The zero-order chi connectivity index (χ0) is 6.97. The number of hydrogen-bond acceptors (Lipinski definition) is 3. The van der Waals surface area contributed by atoms with Crippen LogP contribution in [0.1, 0.15) is 10.9 Å². The molecule has 1 aliphatic rings. The van der Waals surface area contributed by atoms with Gasteiger partial charge in [0.15, 0.2) is 0 Å². The minimum absolute atomic E-state index is 0.209. The molecule has 1 aliphatic heterocycles. The van der Waals surface area contributed by atoms with Crippen molar-refractivity contribution in [2.45, 2.75) is 10.3 Å². The van der Waals surface area contributed by atoms with Gasteiger partial charge in [-0.25, -0.2) is 4.72 Å². The Hall–Kier alpha value is -0.120. The first kappa shape index (κ1) is 6.58. The van der Waals surface area contributed by atoms with Gasteiger partial charge in [0.25, 0.3) is 0 Å². The van der Waals surface area contributed by atoms with Gasteiger partial charge in [0.05, 0.1) is 5.37 Å². The van der Waals surface area contributed by atoms with E-state index in [1.165, 1.54) is 10.5 Å².